The molecule has 0 aromatic heterocycles. The monoisotopic (exact) mass is 408 g/mol. The molecule has 162 valence electrons. The van der Waals surface area contributed by atoms with E-state index >= 15 is 0 Å². The quantitative estimate of drug-likeness (QED) is 0.610. The van der Waals surface area contributed by atoms with Gasteiger partial charge in [-0.05, 0) is 61.3 Å². The van der Waals surface area contributed by atoms with Crippen molar-refractivity contribution in [3.8, 4) is 5.75 Å². The molecular weight excluding hydrogens is 372 g/mol. The van der Waals surface area contributed by atoms with Crippen LogP contribution in [0.4, 0.5) is 5.69 Å². The largest absolute Gasteiger partial charge is 0.494 e. The fraction of sp³-hybridized carbons (Fsp3) is 0.500. The maximum absolute atomic E-state index is 11.3. The normalized spacial score (nSPS) is 15.8. The average molecular weight is 409 g/mol. The molecule has 30 heavy (non-hydrogen) atoms. The molecule has 4 heteroatoms. The van der Waals surface area contributed by atoms with Gasteiger partial charge in [0.25, 0.3) is 0 Å². The topological polar surface area (TPSA) is 41.6 Å². The van der Waals surface area contributed by atoms with Crippen molar-refractivity contribution in [3.05, 3.63) is 59.7 Å². The van der Waals surface area contributed by atoms with E-state index in [-0.39, 0.29) is 11.9 Å². The zero-order chi connectivity index (χ0) is 21.5. The third-order valence-electron chi connectivity index (χ3n) is 5.97. The number of amides is 1. The van der Waals surface area contributed by atoms with Crippen LogP contribution in [0.2, 0.25) is 0 Å². The second-order valence-electron chi connectivity index (χ2n) is 8.88. The van der Waals surface area contributed by atoms with Crippen LogP contribution >= 0.6 is 0 Å². The molecule has 1 unspecified atom stereocenters. The summed E-state index contributed by atoms with van der Waals surface area (Å²) < 4.78 is 5.94. The van der Waals surface area contributed by atoms with Gasteiger partial charge in [0.2, 0.25) is 5.91 Å². The van der Waals surface area contributed by atoms with Crippen LogP contribution in [0.1, 0.15) is 70.0 Å². The number of carbonyl (C=O) groups is 1. The van der Waals surface area contributed by atoms with Gasteiger partial charge in [-0.3, -0.25) is 4.79 Å². The molecule has 3 rings (SSSR count). The van der Waals surface area contributed by atoms with Gasteiger partial charge < -0.3 is 15.0 Å². The van der Waals surface area contributed by atoms with E-state index in [1.54, 1.807) is 6.92 Å². The van der Waals surface area contributed by atoms with Crippen molar-refractivity contribution in [2.75, 3.05) is 24.6 Å². The number of benzene rings is 2. The molecule has 2 aromatic rings. The van der Waals surface area contributed by atoms with Crippen LogP contribution in [0.3, 0.4) is 0 Å². The molecule has 1 amide bonds. The predicted octanol–water partition coefficient (Wildman–Crippen LogP) is 5.69. The van der Waals surface area contributed by atoms with Crippen LogP contribution in [0.25, 0.3) is 0 Å². The second kappa shape index (κ2) is 10.5. The van der Waals surface area contributed by atoms with E-state index in [1.807, 2.05) is 6.92 Å². The standard InChI is InChI=1S/C26H36N2O2/c1-19(2)14-17-30-26-7-5-6-25(18-26)28-15-12-24(13-16-28)23-10-8-22(9-11-23)20(3)27-21(4)29/h5-11,18-20,24H,12-17H2,1-4H3,(H,27,29). The number of ether oxygens (including phenoxy) is 1. The summed E-state index contributed by atoms with van der Waals surface area (Å²) in [5, 5.41) is 2.95. The maximum Gasteiger partial charge on any atom is 0.217 e. The molecule has 0 saturated carbocycles. The van der Waals surface area contributed by atoms with Crippen molar-refractivity contribution in [3.63, 3.8) is 0 Å². The Morgan fingerprint density at radius 2 is 1.80 bits per heavy atom. The number of rotatable bonds is 8. The lowest BCUT2D eigenvalue weighted by molar-refractivity contribution is -0.119. The van der Waals surface area contributed by atoms with Crippen LogP contribution in [0.5, 0.6) is 5.75 Å². The first-order valence-corrected chi connectivity index (χ1v) is 11.3. The lowest BCUT2D eigenvalue weighted by Gasteiger charge is -2.34. The van der Waals surface area contributed by atoms with Crippen molar-refractivity contribution in [2.24, 2.45) is 5.92 Å². The minimum Gasteiger partial charge on any atom is -0.494 e. The van der Waals surface area contributed by atoms with E-state index in [9.17, 15) is 4.79 Å². The number of nitrogens with zero attached hydrogens (tertiary/aromatic N) is 1. The molecule has 1 fully saturated rings. The van der Waals surface area contributed by atoms with Gasteiger partial charge in [0.15, 0.2) is 0 Å². The molecule has 1 N–H and O–H groups in total. The SMILES string of the molecule is CC(=O)NC(C)c1ccc(C2CCN(c3cccc(OCCC(C)C)c3)CC2)cc1. The summed E-state index contributed by atoms with van der Waals surface area (Å²) >= 11 is 0. The summed E-state index contributed by atoms with van der Waals surface area (Å²) in [6.07, 6.45) is 3.38. The molecule has 1 aliphatic rings. The summed E-state index contributed by atoms with van der Waals surface area (Å²) in [6, 6.07) is 17.3. The third-order valence-corrected chi connectivity index (χ3v) is 5.97. The Morgan fingerprint density at radius 3 is 2.43 bits per heavy atom. The zero-order valence-electron chi connectivity index (χ0n) is 18.9. The molecule has 1 atom stereocenters. The lowest BCUT2D eigenvalue weighted by atomic mass is 9.88. The number of carbonyl (C=O) groups excluding carboxylic acids is 1. The van der Waals surface area contributed by atoms with E-state index in [0.29, 0.717) is 11.8 Å². The highest BCUT2D eigenvalue weighted by molar-refractivity contribution is 5.73. The van der Waals surface area contributed by atoms with Gasteiger partial charge in [0.1, 0.15) is 5.75 Å². The average Bonchev–Trinajstić information content (AvgIpc) is 2.73. The molecule has 1 aliphatic heterocycles. The Morgan fingerprint density at radius 1 is 1.10 bits per heavy atom. The first-order valence-electron chi connectivity index (χ1n) is 11.3. The Bertz CT molecular complexity index is 808. The highest BCUT2D eigenvalue weighted by Crippen LogP contribution is 2.32. The van der Waals surface area contributed by atoms with Gasteiger partial charge in [-0.2, -0.15) is 0 Å². The van der Waals surface area contributed by atoms with Crippen LogP contribution < -0.4 is 15.0 Å². The van der Waals surface area contributed by atoms with Crippen molar-refractivity contribution in [2.45, 2.75) is 58.9 Å². The summed E-state index contributed by atoms with van der Waals surface area (Å²) in [5.74, 6) is 2.24. The van der Waals surface area contributed by atoms with E-state index in [0.717, 1.165) is 50.3 Å². The minimum absolute atomic E-state index is 0.00772. The number of hydrogen-bond donors (Lipinski definition) is 1. The molecular formula is C26H36N2O2. The Hall–Kier alpha value is -2.49. The maximum atomic E-state index is 11.3. The molecule has 0 aliphatic carbocycles. The molecule has 0 spiro atoms. The van der Waals surface area contributed by atoms with Crippen LogP contribution in [0.15, 0.2) is 48.5 Å². The van der Waals surface area contributed by atoms with E-state index < -0.39 is 0 Å². The molecule has 4 nitrogen and oxygen atoms in total. The van der Waals surface area contributed by atoms with Crippen molar-refractivity contribution < 1.29 is 9.53 Å². The first-order chi connectivity index (χ1) is 14.4. The second-order valence-corrected chi connectivity index (χ2v) is 8.88. The predicted molar refractivity (Wildman–Crippen MR) is 124 cm³/mol. The number of piperidine rings is 1. The number of anilines is 1. The molecule has 1 saturated heterocycles. The number of nitrogens with one attached hydrogen (secondary N) is 1. The fourth-order valence-corrected chi connectivity index (χ4v) is 4.10. The van der Waals surface area contributed by atoms with Crippen molar-refractivity contribution in [1.29, 1.82) is 0 Å². The van der Waals surface area contributed by atoms with E-state index in [1.165, 1.54) is 11.3 Å². The van der Waals surface area contributed by atoms with Gasteiger partial charge in [0.05, 0.1) is 12.6 Å². The summed E-state index contributed by atoms with van der Waals surface area (Å²) in [5.41, 5.74) is 3.81. The Labute approximate surface area is 181 Å². The smallest absolute Gasteiger partial charge is 0.217 e. The van der Waals surface area contributed by atoms with Crippen molar-refractivity contribution >= 4 is 11.6 Å². The highest BCUT2D eigenvalue weighted by Gasteiger charge is 2.21. The minimum atomic E-state index is 0.00772. The highest BCUT2D eigenvalue weighted by atomic mass is 16.5. The fourth-order valence-electron chi connectivity index (χ4n) is 4.10. The summed E-state index contributed by atoms with van der Waals surface area (Å²) in [6.45, 7) is 10.9. The Kier molecular flexibility index (Phi) is 7.78. The third kappa shape index (κ3) is 6.25. The zero-order valence-corrected chi connectivity index (χ0v) is 18.9. The Balaban J connectivity index is 1.54. The summed E-state index contributed by atoms with van der Waals surface area (Å²) in [7, 11) is 0. The lowest BCUT2D eigenvalue weighted by Crippen LogP contribution is -2.32. The van der Waals surface area contributed by atoms with Gasteiger partial charge in [-0.15, -0.1) is 0 Å². The molecule has 1 heterocycles. The van der Waals surface area contributed by atoms with Crippen LogP contribution in [-0.4, -0.2) is 25.6 Å². The van der Waals surface area contributed by atoms with E-state index in [2.05, 4.69) is 72.6 Å². The molecule has 0 radical (unpaired) electrons. The van der Waals surface area contributed by atoms with Crippen LogP contribution in [0, 0.1) is 5.92 Å². The van der Waals surface area contributed by atoms with E-state index in [4.69, 9.17) is 4.74 Å². The molecule has 2 aromatic carbocycles. The van der Waals surface area contributed by atoms with Gasteiger partial charge in [-0.25, -0.2) is 0 Å². The van der Waals surface area contributed by atoms with Gasteiger partial charge >= 0.3 is 0 Å². The number of hydrogen-bond acceptors (Lipinski definition) is 3. The van der Waals surface area contributed by atoms with Crippen LogP contribution in [-0.2, 0) is 4.79 Å². The van der Waals surface area contributed by atoms with Crippen molar-refractivity contribution in [1.82, 2.24) is 5.32 Å². The van der Waals surface area contributed by atoms with Gasteiger partial charge in [0, 0.05) is 31.8 Å². The molecule has 0 bridgehead atoms. The first kappa shape index (κ1) is 22.2. The van der Waals surface area contributed by atoms with Gasteiger partial charge in [-0.1, -0.05) is 44.2 Å². The summed E-state index contributed by atoms with van der Waals surface area (Å²) in [4.78, 5) is 13.7.